The van der Waals surface area contributed by atoms with Crippen LogP contribution in [0.2, 0.25) is 0 Å². The molecular weight excluding hydrogens is 619 g/mol. The van der Waals surface area contributed by atoms with Gasteiger partial charge in [0.15, 0.2) is 5.43 Å². The molecule has 0 saturated heterocycles. The third-order valence-electron chi connectivity index (χ3n) is 7.97. The van der Waals surface area contributed by atoms with Crippen LogP contribution in [0.25, 0.3) is 20.2 Å². The molecular formula is C37H35O7PS. The predicted octanol–water partition coefficient (Wildman–Crippen LogP) is 8.71. The van der Waals surface area contributed by atoms with Crippen LogP contribution < -0.4 is 5.43 Å². The van der Waals surface area contributed by atoms with Crippen molar-refractivity contribution in [1.82, 2.24) is 0 Å². The van der Waals surface area contributed by atoms with Gasteiger partial charge in [0.05, 0.1) is 12.2 Å². The monoisotopic (exact) mass is 654 g/mol. The largest absolute Gasteiger partial charge is 0.460 e. The van der Waals surface area contributed by atoms with Gasteiger partial charge in [-0.3, -0.25) is 18.9 Å². The molecule has 0 radical (unpaired) electrons. The van der Waals surface area contributed by atoms with Crippen LogP contribution in [-0.4, -0.2) is 30.2 Å². The van der Waals surface area contributed by atoms with E-state index in [4.69, 9.17) is 9.26 Å². The van der Waals surface area contributed by atoms with Gasteiger partial charge < -0.3 is 9.26 Å². The highest BCUT2D eigenvalue weighted by atomic mass is 32.1. The van der Waals surface area contributed by atoms with E-state index in [1.807, 2.05) is 39.0 Å². The maximum Gasteiger partial charge on any atom is 0.340 e. The quantitative estimate of drug-likeness (QED) is 0.0678. The Kier molecular flexibility index (Phi) is 9.28. The van der Waals surface area contributed by atoms with Crippen LogP contribution in [0, 0.1) is 48.5 Å². The molecule has 1 aromatic heterocycles. The first-order valence-corrected chi connectivity index (χ1v) is 17.3. The number of rotatable bonds is 9. The molecule has 0 spiro atoms. The molecule has 0 aliphatic rings. The van der Waals surface area contributed by atoms with Gasteiger partial charge in [0.25, 0.3) is 11.0 Å². The van der Waals surface area contributed by atoms with Crippen LogP contribution in [0.5, 0.6) is 0 Å². The van der Waals surface area contributed by atoms with Crippen molar-refractivity contribution in [2.75, 3.05) is 13.2 Å². The Balaban J connectivity index is 1.40. The van der Waals surface area contributed by atoms with Gasteiger partial charge in [-0.15, -0.1) is 11.3 Å². The molecule has 0 amide bonds. The lowest BCUT2D eigenvalue weighted by Gasteiger charge is -2.21. The van der Waals surface area contributed by atoms with E-state index in [0.717, 1.165) is 21.4 Å². The minimum absolute atomic E-state index is 0.107. The number of fused-ring (bicyclic) bond motifs is 2. The Morgan fingerprint density at radius 2 is 1.17 bits per heavy atom. The Morgan fingerprint density at radius 1 is 0.630 bits per heavy atom. The Hall–Kier alpha value is -4.23. The van der Waals surface area contributed by atoms with E-state index in [0.29, 0.717) is 37.7 Å². The topological polar surface area (TPSA) is 104 Å². The minimum Gasteiger partial charge on any atom is -0.460 e. The van der Waals surface area contributed by atoms with E-state index in [9.17, 15) is 23.7 Å². The van der Waals surface area contributed by atoms with Crippen molar-refractivity contribution in [2.45, 2.75) is 48.5 Å². The van der Waals surface area contributed by atoms with Gasteiger partial charge >= 0.3 is 13.3 Å². The average molecular weight is 655 g/mol. The molecule has 0 N–H and O–H groups in total. The predicted molar refractivity (Wildman–Crippen MR) is 184 cm³/mol. The van der Waals surface area contributed by atoms with Crippen molar-refractivity contribution >= 4 is 55.9 Å². The molecule has 46 heavy (non-hydrogen) atoms. The number of benzene rings is 4. The van der Waals surface area contributed by atoms with E-state index in [-0.39, 0.29) is 28.7 Å². The Labute approximate surface area is 271 Å². The maximum atomic E-state index is 14.5. The summed E-state index contributed by atoms with van der Waals surface area (Å²) in [5, 5.41) is 1.13. The highest BCUT2D eigenvalue weighted by Crippen LogP contribution is 2.54. The van der Waals surface area contributed by atoms with Crippen LogP contribution in [0.1, 0.15) is 70.0 Å². The average Bonchev–Trinajstić information content (AvgIpc) is 2.98. The van der Waals surface area contributed by atoms with Crippen LogP contribution in [0.3, 0.4) is 0 Å². The van der Waals surface area contributed by atoms with Crippen molar-refractivity contribution in [1.29, 1.82) is 0 Å². The fraction of sp³-hybridized carbons (Fsp3) is 0.243. The number of aryl methyl sites for hydroxylation is 7. The van der Waals surface area contributed by atoms with Gasteiger partial charge in [-0.1, -0.05) is 47.0 Å². The zero-order chi connectivity index (χ0) is 33.5. The molecule has 0 atom stereocenters. The van der Waals surface area contributed by atoms with Gasteiger partial charge in [-0.2, -0.15) is 0 Å². The van der Waals surface area contributed by atoms with Gasteiger partial charge in [0.2, 0.25) is 0 Å². The summed E-state index contributed by atoms with van der Waals surface area (Å²) in [6.07, 6.45) is 0. The molecule has 0 unspecified atom stereocenters. The SMILES string of the molecule is Cc1cc(C)c(C(=O)P(=O)(OCCOC(=O)c2ccc3c(=O)c4cc(C)ccc4sc3c2)C(=O)c2c(C)cc(C)cc2C)c(C)c1. The molecule has 236 valence electrons. The lowest BCUT2D eigenvalue weighted by molar-refractivity contribution is 0.0451. The van der Waals surface area contributed by atoms with E-state index in [1.54, 1.807) is 64.1 Å². The second kappa shape index (κ2) is 12.9. The fourth-order valence-electron chi connectivity index (χ4n) is 6.02. The third-order valence-corrected chi connectivity index (χ3v) is 11.2. The summed E-state index contributed by atoms with van der Waals surface area (Å²) in [7, 11) is -4.68. The smallest absolute Gasteiger partial charge is 0.340 e. The Morgan fingerprint density at radius 3 is 1.72 bits per heavy atom. The van der Waals surface area contributed by atoms with Gasteiger partial charge in [0, 0.05) is 31.3 Å². The summed E-state index contributed by atoms with van der Waals surface area (Å²) < 4.78 is 27.1. The molecule has 5 aromatic rings. The number of hydrogen-bond donors (Lipinski definition) is 0. The molecule has 1 heterocycles. The van der Waals surface area contributed by atoms with Crippen LogP contribution in [0.15, 0.2) is 65.5 Å². The molecule has 5 rings (SSSR count). The Bertz CT molecular complexity index is 2080. The second-order valence-corrected chi connectivity index (χ2v) is 15.1. The van der Waals surface area contributed by atoms with E-state index in [2.05, 4.69) is 0 Å². The summed E-state index contributed by atoms with van der Waals surface area (Å²) in [4.78, 5) is 54.0. The molecule has 0 aliphatic carbocycles. The standard InChI is InChI=1S/C37H35O7PS/c1-20-8-11-30-29(18-20)34(38)28-10-9-27(19-31(28)46-30)35(39)43-12-13-44-45(42,36(40)32-23(4)14-21(2)15-24(32)5)37(41)33-25(6)16-22(3)17-26(33)7/h8-11,14-19H,12-13H2,1-7H3. The number of carbonyl (C=O) groups is 3. The number of carbonyl (C=O) groups excluding carboxylic acids is 3. The number of hydrogen-bond acceptors (Lipinski definition) is 8. The molecule has 0 aliphatic heterocycles. The molecule has 4 aromatic carbocycles. The van der Waals surface area contributed by atoms with Crippen molar-refractivity contribution in [2.24, 2.45) is 0 Å². The molecule has 0 fully saturated rings. The maximum absolute atomic E-state index is 14.5. The van der Waals surface area contributed by atoms with E-state index in [1.165, 1.54) is 17.4 Å². The lowest BCUT2D eigenvalue weighted by Crippen LogP contribution is -2.19. The highest BCUT2D eigenvalue weighted by molar-refractivity contribution is 7.91. The van der Waals surface area contributed by atoms with Crippen molar-refractivity contribution in [3.05, 3.63) is 127 Å². The number of esters is 1. The van der Waals surface area contributed by atoms with Gasteiger partial charge in [-0.25, -0.2) is 4.79 Å². The van der Waals surface area contributed by atoms with Crippen molar-refractivity contribution in [3.8, 4) is 0 Å². The summed E-state index contributed by atoms with van der Waals surface area (Å²) in [5.74, 6) is -0.683. The molecule has 0 saturated carbocycles. The zero-order valence-electron chi connectivity index (χ0n) is 26.9. The number of ether oxygens (including phenoxy) is 1. The fourth-order valence-corrected chi connectivity index (χ4v) is 9.15. The minimum atomic E-state index is -4.68. The highest BCUT2D eigenvalue weighted by Gasteiger charge is 2.45. The van der Waals surface area contributed by atoms with Crippen LogP contribution >= 0.6 is 18.7 Å². The molecule has 7 nitrogen and oxygen atoms in total. The molecule has 0 bridgehead atoms. The third kappa shape index (κ3) is 6.25. The lowest BCUT2D eigenvalue weighted by atomic mass is 10.0. The zero-order valence-corrected chi connectivity index (χ0v) is 28.6. The van der Waals surface area contributed by atoms with E-state index >= 15 is 0 Å². The first-order valence-electron chi connectivity index (χ1n) is 14.9. The molecule has 9 heteroatoms. The second-order valence-electron chi connectivity index (χ2n) is 11.8. The summed E-state index contributed by atoms with van der Waals surface area (Å²) in [5.41, 5.74) is 3.90. The van der Waals surface area contributed by atoms with Gasteiger partial charge in [-0.05, 0) is 101 Å². The summed E-state index contributed by atoms with van der Waals surface area (Å²) in [6, 6.07) is 17.6. The van der Waals surface area contributed by atoms with Crippen LogP contribution in [0.4, 0.5) is 0 Å². The van der Waals surface area contributed by atoms with Crippen molar-refractivity contribution in [3.63, 3.8) is 0 Å². The van der Waals surface area contributed by atoms with Crippen LogP contribution in [-0.2, 0) is 13.8 Å². The first-order chi connectivity index (χ1) is 21.7. The summed E-state index contributed by atoms with van der Waals surface area (Å²) >= 11 is 1.40. The van der Waals surface area contributed by atoms with E-state index < -0.39 is 31.0 Å². The normalized spacial score (nSPS) is 11.6. The summed E-state index contributed by atoms with van der Waals surface area (Å²) in [6.45, 7) is 11.8. The van der Waals surface area contributed by atoms with Crippen molar-refractivity contribution < 1.29 is 28.2 Å². The van der Waals surface area contributed by atoms with Gasteiger partial charge in [0.1, 0.15) is 6.61 Å². The first kappa shape index (κ1) is 33.1.